The first-order valence-corrected chi connectivity index (χ1v) is 7.29. The van der Waals surface area contributed by atoms with Crippen LogP contribution in [0.1, 0.15) is 36.7 Å². The Labute approximate surface area is 135 Å². The summed E-state index contributed by atoms with van der Waals surface area (Å²) in [6, 6.07) is 6.51. The highest BCUT2D eigenvalue weighted by molar-refractivity contribution is 6.44. The number of rotatable bonds is 8. The zero-order valence-electron chi connectivity index (χ0n) is 13.6. The van der Waals surface area contributed by atoms with Crippen LogP contribution >= 0.6 is 0 Å². The lowest BCUT2D eigenvalue weighted by Gasteiger charge is -2.24. The summed E-state index contributed by atoms with van der Waals surface area (Å²) in [5, 5.41) is 7.92. The molecule has 0 radical (unpaired) electrons. The third kappa shape index (κ3) is 4.71. The van der Waals surface area contributed by atoms with Gasteiger partial charge in [0.2, 0.25) is 0 Å². The van der Waals surface area contributed by atoms with Gasteiger partial charge < -0.3 is 10.1 Å². The summed E-state index contributed by atoms with van der Waals surface area (Å²) in [5.41, 5.74) is 0.441. The average molecular weight is 315 g/mol. The minimum atomic E-state index is -0.876. The largest absolute Gasteiger partial charge is 0.460 e. The highest BCUT2D eigenvalue weighted by Gasteiger charge is 2.28. The van der Waals surface area contributed by atoms with Gasteiger partial charge in [0.15, 0.2) is 5.78 Å². The Morgan fingerprint density at radius 2 is 1.78 bits per heavy atom. The molecule has 0 amide bonds. The summed E-state index contributed by atoms with van der Waals surface area (Å²) in [6.07, 6.45) is 1.59. The van der Waals surface area contributed by atoms with Crippen LogP contribution in [0.4, 0.5) is 0 Å². The lowest BCUT2D eigenvalue weighted by Crippen LogP contribution is -2.31. The number of allylic oxidation sites excluding steroid dienone is 1. The fraction of sp³-hybridized carbons (Fsp3) is 0.333. The zero-order valence-corrected chi connectivity index (χ0v) is 13.6. The summed E-state index contributed by atoms with van der Waals surface area (Å²) in [6.45, 7) is 8.78. The smallest absolute Gasteiger partial charge is 0.379 e. The molecule has 0 aliphatic rings. The van der Waals surface area contributed by atoms with Crippen LogP contribution < -0.4 is 0 Å². The van der Waals surface area contributed by atoms with Crippen molar-refractivity contribution in [1.29, 1.82) is 5.41 Å². The summed E-state index contributed by atoms with van der Waals surface area (Å²) in [5.74, 6) is -1.96. The molecule has 1 aromatic rings. The Kier molecular flexibility index (Phi) is 6.13. The van der Waals surface area contributed by atoms with Gasteiger partial charge in [-0.25, -0.2) is 4.79 Å². The Morgan fingerprint density at radius 1 is 1.22 bits per heavy atom. The molecule has 0 aliphatic carbocycles. The van der Waals surface area contributed by atoms with Gasteiger partial charge in [0.25, 0.3) is 5.78 Å². The van der Waals surface area contributed by atoms with Crippen molar-refractivity contribution in [3.63, 3.8) is 0 Å². The number of benzene rings is 1. The van der Waals surface area contributed by atoms with Crippen molar-refractivity contribution in [3.05, 3.63) is 48.0 Å². The van der Waals surface area contributed by atoms with E-state index in [0.29, 0.717) is 6.42 Å². The number of nitrogens with one attached hydrogen (secondary N) is 1. The highest BCUT2D eigenvalue weighted by atomic mass is 16.5. The molecule has 0 bridgehead atoms. The van der Waals surface area contributed by atoms with E-state index < -0.39 is 23.0 Å². The maximum absolute atomic E-state index is 11.8. The highest BCUT2D eigenvalue weighted by Crippen LogP contribution is 2.24. The maximum atomic E-state index is 11.8. The Hall–Kier alpha value is -2.56. The van der Waals surface area contributed by atoms with Crippen LogP contribution in [0.2, 0.25) is 0 Å². The lowest BCUT2D eigenvalue weighted by atomic mass is 9.79. The quantitative estimate of drug-likeness (QED) is 0.263. The second-order valence-electron chi connectivity index (χ2n) is 5.75. The molecule has 0 heterocycles. The van der Waals surface area contributed by atoms with E-state index >= 15 is 0 Å². The number of ether oxygens (including phenoxy) is 1. The van der Waals surface area contributed by atoms with Crippen molar-refractivity contribution in [2.75, 3.05) is 6.61 Å². The van der Waals surface area contributed by atoms with E-state index in [1.165, 1.54) is 0 Å². The number of esters is 1. The first-order valence-electron chi connectivity index (χ1n) is 7.29. The average Bonchev–Trinajstić information content (AvgIpc) is 2.53. The van der Waals surface area contributed by atoms with Gasteiger partial charge in [0.05, 0.1) is 12.3 Å². The Morgan fingerprint density at radius 3 is 2.26 bits per heavy atom. The summed E-state index contributed by atoms with van der Waals surface area (Å²) < 4.78 is 4.68. The van der Waals surface area contributed by atoms with Crippen molar-refractivity contribution in [3.8, 4) is 0 Å². The number of hydrogen-bond acceptors (Lipinski definition) is 5. The molecule has 122 valence electrons. The lowest BCUT2D eigenvalue weighted by molar-refractivity contribution is -0.137. The maximum Gasteiger partial charge on any atom is 0.379 e. The van der Waals surface area contributed by atoms with E-state index in [2.05, 4.69) is 11.3 Å². The second-order valence-corrected chi connectivity index (χ2v) is 5.75. The van der Waals surface area contributed by atoms with Crippen LogP contribution in [0.3, 0.4) is 0 Å². The predicted octanol–water partition coefficient (Wildman–Crippen LogP) is 2.78. The minimum absolute atomic E-state index is 0.0147. The molecule has 1 rings (SSSR count). The third-order valence-electron chi connectivity index (χ3n) is 3.43. The van der Waals surface area contributed by atoms with Crippen LogP contribution in [-0.4, -0.2) is 29.9 Å². The van der Waals surface area contributed by atoms with Gasteiger partial charge in [-0.3, -0.25) is 9.59 Å². The number of Topliss-reactive ketones (excluding diaryl/α,β-unsaturated/α-hetero) is 1. The molecular formula is C18H21NO4. The van der Waals surface area contributed by atoms with Gasteiger partial charge in [-0.05, 0) is 25.0 Å². The topological polar surface area (TPSA) is 84.3 Å². The molecule has 0 saturated heterocycles. The normalized spacial score (nSPS) is 10.7. The molecule has 0 saturated carbocycles. The standard InChI is InChI=1S/C18H21NO4/c1-5-14(20)16(19)18(3,4)11-12-7-9-13(10-8-12)15(21)17(22)23-6-2/h5,7-10,19H,1,6,11H2,2-4H3. The molecule has 1 aromatic carbocycles. The summed E-state index contributed by atoms with van der Waals surface area (Å²) in [4.78, 5) is 34.8. The fourth-order valence-electron chi connectivity index (χ4n) is 2.12. The molecule has 0 aliphatic heterocycles. The molecule has 5 nitrogen and oxygen atoms in total. The van der Waals surface area contributed by atoms with E-state index in [9.17, 15) is 14.4 Å². The van der Waals surface area contributed by atoms with Crippen molar-refractivity contribution in [2.45, 2.75) is 27.2 Å². The van der Waals surface area contributed by atoms with Gasteiger partial charge in [0.1, 0.15) is 0 Å². The summed E-state index contributed by atoms with van der Waals surface area (Å²) >= 11 is 0. The Bertz CT molecular complexity index is 641. The van der Waals surface area contributed by atoms with E-state index in [1.54, 1.807) is 45.0 Å². The van der Waals surface area contributed by atoms with Crippen LogP contribution in [0, 0.1) is 10.8 Å². The molecular weight excluding hydrogens is 294 g/mol. The SMILES string of the molecule is C=CC(=O)C(=N)C(C)(C)Cc1ccc(C(=O)C(=O)OCC)cc1. The number of hydrogen-bond donors (Lipinski definition) is 1. The molecule has 0 aromatic heterocycles. The number of carbonyl (C=O) groups is 3. The van der Waals surface area contributed by atoms with Gasteiger partial charge in [0, 0.05) is 11.0 Å². The predicted molar refractivity (Wildman–Crippen MR) is 87.8 cm³/mol. The molecule has 5 heteroatoms. The second kappa shape index (κ2) is 7.63. The van der Waals surface area contributed by atoms with Crippen molar-refractivity contribution in [1.82, 2.24) is 0 Å². The van der Waals surface area contributed by atoms with Crippen molar-refractivity contribution >= 4 is 23.2 Å². The molecule has 0 unspecified atom stereocenters. The minimum Gasteiger partial charge on any atom is -0.460 e. The third-order valence-corrected chi connectivity index (χ3v) is 3.43. The molecule has 1 N–H and O–H groups in total. The number of carbonyl (C=O) groups excluding carboxylic acids is 3. The fourth-order valence-corrected chi connectivity index (χ4v) is 2.12. The monoisotopic (exact) mass is 315 g/mol. The Balaban J connectivity index is 2.87. The van der Waals surface area contributed by atoms with Crippen LogP contribution in [0.15, 0.2) is 36.9 Å². The molecule has 0 atom stereocenters. The van der Waals surface area contributed by atoms with E-state index in [4.69, 9.17) is 5.41 Å². The first kappa shape index (κ1) is 18.5. The van der Waals surface area contributed by atoms with Gasteiger partial charge in [-0.2, -0.15) is 0 Å². The van der Waals surface area contributed by atoms with E-state index in [1.807, 2.05) is 0 Å². The van der Waals surface area contributed by atoms with E-state index in [0.717, 1.165) is 11.6 Å². The van der Waals surface area contributed by atoms with Crippen molar-refractivity contribution in [2.24, 2.45) is 5.41 Å². The first-order chi connectivity index (χ1) is 10.7. The molecule has 23 heavy (non-hydrogen) atoms. The van der Waals surface area contributed by atoms with Crippen molar-refractivity contribution < 1.29 is 19.1 Å². The number of ketones is 2. The van der Waals surface area contributed by atoms with Gasteiger partial charge >= 0.3 is 5.97 Å². The van der Waals surface area contributed by atoms with Crippen LogP contribution in [0.25, 0.3) is 0 Å². The van der Waals surface area contributed by atoms with Gasteiger partial charge in [-0.15, -0.1) is 0 Å². The molecule has 0 spiro atoms. The van der Waals surface area contributed by atoms with Crippen LogP contribution in [0.5, 0.6) is 0 Å². The molecule has 0 fully saturated rings. The van der Waals surface area contributed by atoms with E-state index in [-0.39, 0.29) is 17.9 Å². The summed E-state index contributed by atoms with van der Waals surface area (Å²) in [7, 11) is 0. The van der Waals surface area contributed by atoms with Gasteiger partial charge in [-0.1, -0.05) is 44.7 Å². The zero-order chi connectivity index (χ0) is 17.6. The van der Waals surface area contributed by atoms with Crippen LogP contribution in [-0.2, 0) is 20.7 Å².